The van der Waals surface area contributed by atoms with E-state index in [2.05, 4.69) is 20.7 Å². The number of aromatic nitrogens is 2. The average molecular weight is 403 g/mol. The lowest BCUT2D eigenvalue weighted by Gasteiger charge is -2.12. The highest BCUT2D eigenvalue weighted by molar-refractivity contribution is 14.0. The highest BCUT2D eigenvalue weighted by Crippen LogP contribution is 2.01. The first-order valence-electron chi connectivity index (χ1n) is 6.44. The summed E-state index contributed by atoms with van der Waals surface area (Å²) in [5.41, 5.74) is 1.00. The number of nitrogens with zero attached hydrogens (tertiary/aromatic N) is 3. The second-order valence-corrected chi connectivity index (χ2v) is 4.25. The van der Waals surface area contributed by atoms with Crippen LogP contribution in [-0.4, -0.2) is 29.3 Å². The van der Waals surface area contributed by atoms with Gasteiger partial charge in [0.25, 0.3) is 0 Å². The minimum atomic E-state index is -0.226. The summed E-state index contributed by atoms with van der Waals surface area (Å²) < 4.78 is 14.6. The molecule has 114 valence electrons. The smallest absolute Gasteiger partial charge is 0.191 e. The quantitative estimate of drug-likeness (QED) is 0.456. The van der Waals surface area contributed by atoms with Crippen molar-refractivity contribution in [1.29, 1.82) is 0 Å². The molecule has 0 saturated carbocycles. The van der Waals surface area contributed by atoms with E-state index in [1.165, 1.54) is 12.1 Å². The molecule has 0 aliphatic carbocycles. The molecule has 0 saturated heterocycles. The number of hydrogen-bond acceptors (Lipinski definition) is 2. The number of guanidine groups is 1. The molecule has 5 nitrogen and oxygen atoms in total. The van der Waals surface area contributed by atoms with Crippen molar-refractivity contribution in [2.75, 3.05) is 13.6 Å². The third kappa shape index (κ3) is 6.11. The Morgan fingerprint density at radius 2 is 2.05 bits per heavy atom. The van der Waals surface area contributed by atoms with Gasteiger partial charge in [0.2, 0.25) is 0 Å². The highest BCUT2D eigenvalue weighted by Gasteiger charge is 1.99. The fourth-order valence-electron chi connectivity index (χ4n) is 1.73. The van der Waals surface area contributed by atoms with Gasteiger partial charge in [0.15, 0.2) is 5.96 Å². The van der Waals surface area contributed by atoms with Crippen LogP contribution in [0.5, 0.6) is 0 Å². The molecular weight excluding hydrogens is 384 g/mol. The molecule has 21 heavy (non-hydrogen) atoms. The van der Waals surface area contributed by atoms with E-state index in [-0.39, 0.29) is 29.8 Å². The van der Waals surface area contributed by atoms with Crippen LogP contribution in [0, 0.1) is 5.82 Å². The largest absolute Gasteiger partial charge is 0.355 e. The van der Waals surface area contributed by atoms with Crippen molar-refractivity contribution in [2.45, 2.75) is 13.1 Å². The van der Waals surface area contributed by atoms with Crippen molar-refractivity contribution >= 4 is 29.9 Å². The fourth-order valence-corrected chi connectivity index (χ4v) is 1.73. The van der Waals surface area contributed by atoms with Crippen LogP contribution >= 0.6 is 24.0 Å². The van der Waals surface area contributed by atoms with Crippen molar-refractivity contribution in [1.82, 2.24) is 20.4 Å². The highest BCUT2D eigenvalue weighted by atomic mass is 127. The molecule has 2 aromatic rings. The van der Waals surface area contributed by atoms with Gasteiger partial charge < -0.3 is 10.6 Å². The lowest BCUT2D eigenvalue weighted by Crippen LogP contribution is -2.38. The summed E-state index contributed by atoms with van der Waals surface area (Å²) in [7, 11) is 1.72. The molecule has 1 heterocycles. The monoisotopic (exact) mass is 403 g/mol. The van der Waals surface area contributed by atoms with Crippen LogP contribution in [0.2, 0.25) is 0 Å². The van der Waals surface area contributed by atoms with Crippen LogP contribution in [0.4, 0.5) is 4.39 Å². The van der Waals surface area contributed by atoms with E-state index >= 15 is 0 Å². The van der Waals surface area contributed by atoms with Gasteiger partial charge in [-0.05, 0) is 23.8 Å². The van der Waals surface area contributed by atoms with E-state index in [4.69, 9.17) is 0 Å². The Hall–Kier alpha value is -1.64. The first-order chi connectivity index (χ1) is 9.78. The van der Waals surface area contributed by atoms with E-state index < -0.39 is 0 Å². The molecule has 0 aliphatic rings. The lowest BCUT2D eigenvalue weighted by atomic mass is 10.2. The zero-order valence-corrected chi connectivity index (χ0v) is 14.1. The van der Waals surface area contributed by atoms with Gasteiger partial charge in [-0.3, -0.25) is 9.67 Å². The molecule has 2 rings (SSSR count). The molecule has 2 N–H and O–H groups in total. The Bertz CT molecular complexity index is 539. The molecule has 1 aromatic heterocycles. The molecule has 0 atom stereocenters. The predicted molar refractivity (Wildman–Crippen MR) is 92.2 cm³/mol. The standard InChI is InChI=1S/C14H18FN5.HI/c1-16-14(17-8-10-20-9-2-7-19-20)18-11-12-3-5-13(15)6-4-12;/h2-7,9H,8,10-11H2,1H3,(H2,16,17,18);1H. The predicted octanol–water partition coefficient (Wildman–Crippen LogP) is 2.01. The van der Waals surface area contributed by atoms with Crippen LogP contribution in [0.15, 0.2) is 47.7 Å². The fraction of sp³-hybridized carbons (Fsp3) is 0.286. The SMILES string of the molecule is CN=C(NCCn1cccn1)NCc1ccc(F)cc1.I. The van der Waals surface area contributed by atoms with Crippen LogP contribution in [0.3, 0.4) is 0 Å². The summed E-state index contributed by atoms with van der Waals surface area (Å²) >= 11 is 0. The van der Waals surface area contributed by atoms with Gasteiger partial charge in [-0.25, -0.2) is 4.39 Å². The topological polar surface area (TPSA) is 54.2 Å². The molecule has 0 unspecified atom stereocenters. The van der Waals surface area contributed by atoms with Crippen LogP contribution < -0.4 is 10.6 Å². The number of hydrogen-bond donors (Lipinski definition) is 2. The van der Waals surface area contributed by atoms with Gasteiger partial charge in [-0.15, -0.1) is 24.0 Å². The Balaban J connectivity index is 0.00000220. The minimum absolute atomic E-state index is 0. The maximum Gasteiger partial charge on any atom is 0.191 e. The summed E-state index contributed by atoms with van der Waals surface area (Å²) in [6.45, 7) is 2.09. The maximum absolute atomic E-state index is 12.8. The first kappa shape index (κ1) is 17.4. The first-order valence-corrected chi connectivity index (χ1v) is 6.44. The Labute approximate surface area is 140 Å². The van der Waals surface area contributed by atoms with E-state index in [0.29, 0.717) is 12.5 Å². The third-order valence-corrected chi connectivity index (χ3v) is 2.79. The van der Waals surface area contributed by atoms with Gasteiger partial charge in [-0.2, -0.15) is 5.10 Å². The molecule has 0 fully saturated rings. The van der Waals surface area contributed by atoms with Crippen molar-refractivity contribution in [3.05, 3.63) is 54.1 Å². The maximum atomic E-state index is 12.8. The number of halogens is 2. The average Bonchev–Trinajstić information content (AvgIpc) is 2.97. The Kier molecular flexibility index (Phi) is 7.73. The van der Waals surface area contributed by atoms with Crippen LogP contribution in [0.1, 0.15) is 5.56 Å². The summed E-state index contributed by atoms with van der Waals surface area (Å²) in [4.78, 5) is 4.13. The molecule has 0 amide bonds. The van der Waals surface area contributed by atoms with Crippen molar-refractivity contribution in [3.8, 4) is 0 Å². The molecule has 0 bridgehead atoms. The summed E-state index contributed by atoms with van der Waals surface area (Å²) in [6, 6.07) is 8.29. The van der Waals surface area contributed by atoms with E-state index in [9.17, 15) is 4.39 Å². The van der Waals surface area contributed by atoms with Crippen molar-refractivity contribution < 1.29 is 4.39 Å². The molecule has 1 aromatic carbocycles. The van der Waals surface area contributed by atoms with Gasteiger partial charge in [0, 0.05) is 32.5 Å². The molecule has 0 aliphatic heterocycles. The van der Waals surface area contributed by atoms with Gasteiger partial charge in [-0.1, -0.05) is 12.1 Å². The number of aliphatic imine (C=N–C) groups is 1. The summed E-state index contributed by atoms with van der Waals surface area (Å²) in [5.74, 6) is 0.483. The normalized spacial score (nSPS) is 10.9. The van der Waals surface area contributed by atoms with Crippen molar-refractivity contribution in [3.63, 3.8) is 0 Å². The molecular formula is C14H19FIN5. The van der Waals surface area contributed by atoms with E-state index in [1.807, 2.05) is 16.9 Å². The second-order valence-electron chi connectivity index (χ2n) is 4.25. The van der Waals surface area contributed by atoms with Gasteiger partial charge in [0.05, 0.1) is 6.54 Å². The molecule has 0 spiro atoms. The Morgan fingerprint density at radius 1 is 1.29 bits per heavy atom. The zero-order valence-electron chi connectivity index (χ0n) is 11.8. The second kappa shape index (κ2) is 9.32. The number of benzene rings is 1. The van der Waals surface area contributed by atoms with Gasteiger partial charge >= 0.3 is 0 Å². The van der Waals surface area contributed by atoms with E-state index in [1.54, 1.807) is 25.4 Å². The lowest BCUT2D eigenvalue weighted by molar-refractivity contribution is 0.597. The van der Waals surface area contributed by atoms with Crippen molar-refractivity contribution in [2.24, 2.45) is 4.99 Å². The minimum Gasteiger partial charge on any atom is -0.355 e. The molecule has 0 radical (unpaired) electrons. The third-order valence-electron chi connectivity index (χ3n) is 2.79. The molecule has 7 heteroatoms. The van der Waals surface area contributed by atoms with Crippen LogP contribution in [0.25, 0.3) is 0 Å². The zero-order chi connectivity index (χ0) is 14.2. The van der Waals surface area contributed by atoms with Crippen LogP contribution in [-0.2, 0) is 13.1 Å². The van der Waals surface area contributed by atoms with E-state index in [0.717, 1.165) is 18.7 Å². The number of rotatable bonds is 5. The number of nitrogens with one attached hydrogen (secondary N) is 2. The summed E-state index contributed by atoms with van der Waals surface area (Å²) in [5, 5.41) is 10.5. The van der Waals surface area contributed by atoms with Gasteiger partial charge in [0.1, 0.15) is 5.82 Å². The summed E-state index contributed by atoms with van der Waals surface area (Å²) in [6.07, 6.45) is 3.66. The Morgan fingerprint density at radius 3 is 2.67 bits per heavy atom.